The zero-order valence-corrected chi connectivity index (χ0v) is 40.5. The zero-order valence-electron chi connectivity index (χ0n) is 37.0. The van der Waals surface area contributed by atoms with Crippen molar-refractivity contribution < 1.29 is 80.5 Å². The summed E-state index contributed by atoms with van der Waals surface area (Å²) >= 11 is 1.43. The summed E-state index contributed by atoms with van der Waals surface area (Å²) in [5.74, 6) is -0.301. The molecule has 1 fully saturated rings. The van der Waals surface area contributed by atoms with Crippen LogP contribution < -0.4 is 16.4 Å². The molecular formula is C37H66N7O17P3S. The van der Waals surface area contributed by atoms with Gasteiger partial charge in [-0.15, -0.1) is 0 Å². The van der Waals surface area contributed by atoms with Crippen LogP contribution in [0.15, 0.2) is 12.7 Å². The minimum atomic E-state index is -5.57. The molecule has 0 aliphatic carbocycles. The Kier molecular flexibility index (Phi) is 24.1. The van der Waals surface area contributed by atoms with Crippen molar-refractivity contribution in [1.82, 2.24) is 30.2 Å². The maximum atomic E-state index is 12.7. The van der Waals surface area contributed by atoms with Crippen molar-refractivity contribution >= 4 is 69.8 Å². The molecule has 24 nitrogen and oxygen atoms in total. The molecule has 1 aliphatic heterocycles. The number of phosphoric acid groups is 3. The second-order valence-corrected chi connectivity index (χ2v) is 21.6. The molecule has 28 heteroatoms. The number of aliphatic hydroxyl groups is 2. The molecular weight excluding hydrogens is 939 g/mol. The number of hydrogen-bond acceptors (Lipinski definition) is 18. The first kappa shape index (κ1) is 56.9. The maximum absolute atomic E-state index is 12.7. The third kappa shape index (κ3) is 20.8. The lowest BCUT2D eigenvalue weighted by atomic mass is 9.87. The standard InChI is InChI=1S/C37H66N7O17P3S/c1-4-5-6-7-8-9-10-11-12-13-14-15-16-26(45)22-65-20-19-39-28(46)17-18-40-35(49)32(48)37(2,3)23-58-64(55,56)61-63(53,54)57-21-27-31(60-62(50,51)52)30(47)36(59-27)44-25-43-29-33(38)41-24-42-34(29)44/h24-25,27,30-32,36,47-48H,4-23H2,1-3H3,(H,39,46)(H,40,49)(H,53,54)(H,55,56)(H2,38,41,42)(H2,50,51,52)/t27-,30-,31-,32+,36-/m1/s1. The van der Waals surface area contributed by atoms with E-state index in [2.05, 4.69) is 41.3 Å². The number of nitrogen functional groups attached to an aromatic ring is 1. The van der Waals surface area contributed by atoms with Gasteiger partial charge in [-0.05, 0) is 6.42 Å². The summed E-state index contributed by atoms with van der Waals surface area (Å²) in [6, 6.07) is 0. The Hall–Kier alpha value is -2.44. The van der Waals surface area contributed by atoms with Gasteiger partial charge < -0.3 is 50.9 Å². The lowest BCUT2D eigenvalue weighted by Gasteiger charge is -2.30. The first-order valence-corrected chi connectivity index (χ1v) is 27.2. The van der Waals surface area contributed by atoms with Crippen molar-refractivity contribution in [3.05, 3.63) is 12.7 Å². The average molecular weight is 1010 g/mol. The lowest BCUT2D eigenvalue weighted by molar-refractivity contribution is -0.137. The van der Waals surface area contributed by atoms with Crippen LogP contribution in [0.25, 0.3) is 11.2 Å². The number of imidazole rings is 1. The highest BCUT2D eigenvalue weighted by Gasteiger charge is 2.50. The molecule has 3 heterocycles. The molecule has 372 valence electrons. The van der Waals surface area contributed by atoms with Crippen LogP contribution >= 0.6 is 35.2 Å². The zero-order chi connectivity index (χ0) is 48.3. The summed E-state index contributed by atoms with van der Waals surface area (Å²) in [4.78, 5) is 88.3. The van der Waals surface area contributed by atoms with Crippen LogP contribution in [-0.4, -0.2) is 129 Å². The number of ketones is 1. The number of thioether (sulfide) groups is 1. The number of carbonyl (C=O) groups excluding carboxylic acids is 3. The van der Waals surface area contributed by atoms with E-state index in [1.165, 1.54) is 83.4 Å². The van der Waals surface area contributed by atoms with Crippen molar-refractivity contribution in [3.8, 4) is 0 Å². The fourth-order valence-electron chi connectivity index (χ4n) is 6.62. The van der Waals surface area contributed by atoms with Crippen LogP contribution in [0.3, 0.4) is 0 Å². The van der Waals surface area contributed by atoms with Crippen LogP contribution in [0.2, 0.25) is 0 Å². The summed E-state index contributed by atoms with van der Waals surface area (Å²) < 4.78 is 62.4. The number of aromatic nitrogens is 4. The molecule has 3 rings (SSSR count). The summed E-state index contributed by atoms with van der Waals surface area (Å²) in [5.41, 5.74) is 4.29. The number of aliphatic hydroxyl groups excluding tert-OH is 2. The predicted octanol–water partition coefficient (Wildman–Crippen LogP) is 3.80. The van der Waals surface area contributed by atoms with Gasteiger partial charge in [0.2, 0.25) is 11.8 Å². The number of carbonyl (C=O) groups is 3. The van der Waals surface area contributed by atoms with Gasteiger partial charge in [0, 0.05) is 37.1 Å². The number of amides is 2. The van der Waals surface area contributed by atoms with E-state index in [4.69, 9.17) is 19.5 Å². The minimum absolute atomic E-state index is 0.0344. The topological polar surface area (TPSA) is 364 Å². The molecule has 7 atom stereocenters. The van der Waals surface area contributed by atoms with E-state index in [1.807, 2.05) is 0 Å². The number of anilines is 1. The molecule has 0 radical (unpaired) electrons. The summed E-state index contributed by atoms with van der Waals surface area (Å²) in [6.07, 6.45) is 8.44. The molecule has 2 aromatic heterocycles. The number of phosphoric ester groups is 3. The quantitative estimate of drug-likeness (QED) is 0.0355. The average Bonchev–Trinajstić information content (AvgIpc) is 3.79. The van der Waals surface area contributed by atoms with Crippen LogP contribution in [0, 0.1) is 5.41 Å². The Balaban J connectivity index is 1.32. The second-order valence-electron chi connectivity index (χ2n) is 16.3. The van der Waals surface area contributed by atoms with Gasteiger partial charge in [-0.3, -0.25) is 32.5 Å². The molecule has 0 aromatic carbocycles. The van der Waals surface area contributed by atoms with E-state index in [-0.39, 0.29) is 41.6 Å². The SMILES string of the molecule is CCCCCCCCCCCCCCC(=O)CSCCNC(=O)CCNC(=O)[C@H](O)C(C)(C)COP(=O)(O)OP(=O)(O)OC[C@H]1O[C@@H](n2cnc3c(N)ncnc32)[C@H](O)[C@@H]1OP(=O)(O)O. The van der Waals surface area contributed by atoms with E-state index < -0.39 is 78.6 Å². The molecule has 10 N–H and O–H groups in total. The highest BCUT2D eigenvalue weighted by atomic mass is 32.2. The molecule has 1 aliphatic rings. The number of nitrogens with two attached hydrogens (primary N) is 1. The number of rotatable bonds is 34. The molecule has 2 aromatic rings. The monoisotopic (exact) mass is 1010 g/mol. The first-order chi connectivity index (χ1) is 30.6. The number of fused-ring (bicyclic) bond motifs is 1. The summed E-state index contributed by atoms with van der Waals surface area (Å²) in [5, 5.41) is 26.6. The van der Waals surface area contributed by atoms with Gasteiger partial charge in [0.15, 0.2) is 17.7 Å². The molecule has 2 unspecified atom stereocenters. The molecule has 0 saturated carbocycles. The van der Waals surface area contributed by atoms with Crippen molar-refractivity contribution in [2.24, 2.45) is 5.41 Å². The molecule has 2 amide bonds. The van der Waals surface area contributed by atoms with E-state index in [0.29, 0.717) is 24.5 Å². The van der Waals surface area contributed by atoms with E-state index in [9.17, 15) is 57.9 Å². The number of nitrogens with one attached hydrogen (secondary N) is 2. The van der Waals surface area contributed by atoms with Crippen LogP contribution in [-0.2, 0) is 50.7 Å². The van der Waals surface area contributed by atoms with Gasteiger partial charge in [0.1, 0.15) is 42.0 Å². The predicted molar refractivity (Wildman–Crippen MR) is 238 cm³/mol. The lowest BCUT2D eigenvalue weighted by Crippen LogP contribution is -2.46. The van der Waals surface area contributed by atoms with Crippen molar-refractivity contribution in [1.29, 1.82) is 0 Å². The molecule has 65 heavy (non-hydrogen) atoms. The molecule has 0 spiro atoms. The number of nitrogens with zero attached hydrogens (tertiary/aromatic N) is 4. The van der Waals surface area contributed by atoms with Gasteiger partial charge in [0.05, 0.1) is 25.3 Å². The van der Waals surface area contributed by atoms with E-state index >= 15 is 0 Å². The number of Topliss-reactive ketones (excluding diaryl/α,β-unsaturated/α-hetero) is 1. The Morgan fingerprint density at radius 1 is 0.892 bits per heavy atom. The van der Waals surface area contributed by atoms with Gasteiger partial charge in [0.25, 0.3) is 0 Å². The largest absolute Gasteiger partial charge is 0.481 e. The number of unbranched alkanes of at least 4 members (excludes halogenated alkanes) is 11. The molecule has 1 saturated heterocycles. The summed E-state index contributed by atoms with van der Waals surface area (Å²) in [6.45, 7) is 2.90. The van der Waals surface area contributed by atoms with E-state index in [1.54, 1.807) is 0 Å². The third-order valence-electron chi connectivity index (χ3n) is 10.2. The van der Waals surface area contributed by atoms with Crippen molar-refractivity contribution in [2.75, 3.05) is 43.5 Å². The Morgan fingerprint density at radius 3 is 2.14 bits per heavy atom. The Bertz CT molecular complexity index is 1960. The van der Waals surface area contributed by atoms with Crippen molar-refractivity contribution in [2.45, 2.75) is 141 Å². The smallest absolute Gasteiger partial charge is 0.386 e. The fraction of sp³-hybridized carbons (Fsp3) is 0.784. The summed E-state index contributed by atoms with van der Waals surface area (Å²) in [7, 11) is -16.4. The number of ether oxygens (including phenoxy) is 1. The van der Waals surface area contributed by atoms with E-state index in [0.717, 1.165) is 36.5 Å². The number of hydrogen-bond donors (Lipinski definition) is 9. The van der Waals surface area contributed by atoms with Crippen LogP contribution in [0.4, 0.5) is 5.82 Å². The Morgan fingerprint density at radius 2 is 1.51 bits per heavy atom. The fourth-order valence-corrected chi connectivity index (χ4v) is 10.2. The highest BCUT2D eigenvalue weighted by molar-refractivity contribution is 7.99. The van der Waals surface area contributed by atoms with Gasteiger partial charge in [-0.2, -0.15) is 16.1 Å². The van der Waals surface area contributed by atoms with Gasteiger partial charge in [-0.1, -0.05) is 91.4 Å². The normalized spacial score (nSPS) is 20.3. The van der Waals surface area contributed by atoms with Gasteiger partial charge >= 0.3 is 23.5 Å². The van der Waals surface area contributed by atoms with Crippen LogP contribution in [0.1, 0.15) is 117 Å². The van der Waals surface area contributed by atoms with Gasteiger partial charge in [-0.25, -0.2) is 28.6 Å². The third-order valence-corrected chi connectivity index (χ3v) is 14.3. The van der Waals surface area contributed by atoms with Crippen molar-refractivity contribution in [3.63, 3.8) is 0 Å². The van der Waals surface area contributed by atoms with Crippen LogP contribution in [0.5, 0.6) is 0 Å². The minimum Gasteiger partial charge on any atom is -0.386 e. The Labute approximate surface area is 382 Å². The highest BCUT2D eigenvalue weighted by Crippen LogP contribution is 2.61. The maximum Gasteiger partial charge on any atom is 0.481 e. The molecule has 0 bridgehead atoms. The first-order valence-electron chi connectivity index (χ1n) is 21.5. The second kappa shape index (κ2) is 27.5.